The molecule has 27 heavy (non-hydrogen) atoms. The predicted octanol–water partition coefficient (Wildman–Crippen LogP) is 5.99. The lowest BCUT2D eigenvalue weighted by molar-refractivity contribution is -0.134. The minimum absolute atomic E-state index is 0.0904. The first-order valence-electron chi connectivity index (χ1n) is 11.4. The van der Waals surface area contributed by atoms with Gasteiger partial charge in [0.1, 0.15) is 0 Å². The van der Waals surface area contributed by atoms with E-state index in [4.69, 9.17) is 0 Å². The lowest BCUT2D eigenvalue weighted by Crippen LogP contribution is -2.54. The van der Waals surface area contributed by atoms with Crippen LogP contribution in [-0.4, -0.2) is 22.7 Å². The van der Waals surface area contributed by atoms with E-state index in [2.05, 4.69) is 26.2 Å². The molecule has 4 saturated carbocycles. The van der Waals surface area contributed by atoms with Crippen molar-refractivity contribution < 1.29 is 9.90 Å². The summed E-state index contributed by atoms with van der Waals surface area (Å²) in [5.41, 5.74) is 1.57. The summed E-state index contributed by atoms with van der Waals surface area (Å²) in [6, 6.07) is 0. The van der Waals surface area contributed by atoms with E-state index in [1.54, 1.807) is 0 Å². The molecule has 3 heteroatoms. The lowest BCUT2D eigenvalue weighted by atomic mass is 9.45. The Bertz CT molecular complexity index is 614. The van der Waals surface area contributed by atoms with E-state index in [0.717, 1.165) is 42.4 Å². The van der Waals surface area contributed by atoms with Crippen molar-refractivity contribution in [3.05, 3.63) is 11.0 Å². The highest BCUT2D eigenvalue weighted by atomic mass is 32.2. The minimum atomic E-state index is -0.0904. The predicted molar refractivity (Wildman–Crippen MR) is 114 cm³/mol. The minimum Gasteiger partial charge on any atom is -0.393 e. The molecule has 0 aromatic carbocycles. The SMILES string of the molecule is CCCCS/C=C1/CC2(C)C(CCC3C4CCC(O)C4(C)CCC32)CC1=O. The second-order valence-corrected chi connectivity index (χ2v) is 11.4. The van der Waals surface area contributed by atoms with Gasteiger partial charge in [0.2, 0.25) is 0 Å². The van der Waals surface area contributed by atoms with Gasteiger partial charge in [0.25, 0.3) is 0 Å². The second-order valence-electron chi connectivity index (χ2n) is 10.5. The Labute approximate surface area is 169 Å². The van der Waals surface area contributed by atoms with Crippen LogP contribution in [0.4, 0.5) is 0 Å². The molecule has 4 rings (SSSR count). The normalized spacial score (nSPS) is 48.2. The van der Waals surface area contributed by atoms with Gasteiger partial charge >= 0.3 is 0 Å². The van der Waals surface area contributed by atoms with Crippen LogP contribution in [0.3, 0.4) is 0 Å². The van der Waals surface area contributed by atoms with Gasteiger partial charge in [0, 0.05) is 12.0 Å². The third-order valence-electron chi connectivity index (χ3n) is 9.22. The molecule has 0 saturated heterocycles. The summed E-state index contributed by atoms with van der Waals surface area (Å²) in [4.78, 5) is 12.8. The topological polar surface area (TPSA) is 37.3 Å². The summed E-state index contributed by atoms with van der Waals surface area (Å²) < 4.78 is 0. The maximum absolute atomic E-state index is 12.8. The van der Waals surface area contributed by atoms with Crippen LogP contribution in [0.5, 0.6) is 0 Å². The van der Waals surface area contributed by atoms with Crippen LogP contribution in [0, 0.1) is 34.5 Å². The van der Waals surface area contributed by atoms with Crippen molar-refractivity contribution in [2.75, 3.05) is 5.75 Å². The van der Waals surface area contributed by atoms with Crippen LogP contribution in [0.2, 0.25) is 0 Å². The summed E-state index contributed by atoms with van der Waals surface area (Å²) in [6.45, 7) is 7.10. The quantitative estimate of drug-likeness (QED) is 0.473. The Morgan fingerprint density at radius 3 is 2.67 bits per heavy atom. The van der Waals surface area contributed by atoms with Crippen molar-refractivity contribution in [2.24, 2.45) is 34.5 Å². The van der Waals surface area contributed by atoms with Crippen molar-refractivity contribution in [3.8, 4) is 0 Å². The van der Waals surface area contributed by atoms with E-state index >= 15 is 0 Å². The van der Waals surface area contributed by atoms with Gasteiger partial charge in [-0.25, -0.2) is 0 Å². The standard InChI is InChI=1S/C24H38O2S/c1-4-5-12-27-15-16-14-24(3)17(13-21(16)25)6-7-18-19-8-9-22(26)23(19,2)11-10-20(18)24/h15,17-20,22,26H,4-14H2,1-3H3/b16-15-. The van der Waals surface area contributed by atoms with Gasteiger partial charge in [0.05, 0.1) is 6.10 Å². The molecular weight excluding hydrogens is 352 g/mol. The number of carbonyl (C=O) groups excluding carboxylic acids is 1. The Kier molecular flexibility index (Phi) is 5.57. The average molecular weight is 391 g/mol. The number of hydrogen-bond donors (Lipinski definition) is 1. The zero-order valence-corrected chi connectivity index (χ0v) is 18.3. The van der Waals surface area contributed by atoms with Gasteiger partial charge in [0.15, 0.2) is 5.78 Å². The third kappa shape index (κ3) is 3.25. The van der Waals surface area contributed by atoms with E-state index in [9.17, 15) is 9.90 Å². The fraction of sp³-hybridized carbons (Fsp3) is 0.875. The fourth-order valence-electron chi connectivity index (χ4n) is 7.48. The average Bonchev–Trinajstić information content (AvgIpc) is 2.95. The summed E-state index contributed by atoms with van der Waals surface area (Å²) in [5.74, 6) is 4.36. The van der Waals surface area contributed by atoms with Crippen LogP contribution in [0.25, 0.3) is 0 Å². The molecule has 4 fully saturated rings. The van der Waals surface area contributed by atoms with Crippen LogP contribution in [-0.2, 0) is 4.79 Å². The molecule has 1 N–H and O–H groups in total. The number of carbonyl (C=O) groups is 1. The van der Waals surface area contributed by atoms with E-state index in [0.29, 0.717) is 23.0 Å². The molecule has 4 aliphatic carbocycles. The lowest BCUT2D eigenvalue weighted by Gasteiger charge is -2.60. The van der Waals surface area contributed by atoms with Crippen molar-refractivity contribution in [3.63, 3.8) is 0 Å². The molecule has 0 spiro atoms. The number of unbranched alkanes of at least 4 members (excludes halogenated alkanes) is 1. The van der Waals surface area contributed by atoms with Crippen LogP contribution >= 0.6 is 11.8 Å². The molecule has 0 amide bonds. The number of fused-ring (bicyclic) bond motifs is 5. The van der Waals surface area contributed by atoms with Gasteiger partial charge in [-0.3, -0.25) is 4.79 Å². The van der Waals surface area contributed by atoms with Crippen LogP contribution < -0.4 is 0 Å². The molecular formula is C24H38O2S. The maximum atomic E-state index is 12.8. The monoisotopic (exact) mass is 390 g/mol. The summed E-state index contributed by atoms with van der Waals surface area (Å²) >= 11 is 1.85. The van der Waals surface area contributed by atoms with Gasteiger partial charge in [-0.2, -0.15) is 0 Å². The molecule has 0 bridgehead atoms. The molecule has 0 aromatic rings. The van der Waals surface area contributed by atoms with Crippen molar-refractivity contribution >= 4 is 17.5 Å². The number of thioether (sulfide) groups is 1. The van der Waals surface area contributed by atoms with Gasteiger partial charge in [-0.1, -0.05) is 27.2 Å². The molecule has 152 valence electrons. The second kappa shape index (κ2) is 7.52. The Hall–Kier alpha value is -0.280. The van der Waals surface area contributed by atoms with Crippen LogP contribution in [0.15, 0.2) is 11.0 Å². The number of aliphatic hydroxyl groups excluding tert-OH is 1. The van der Waals surface area contributed by atoms with Crippen LogP contribution in [0.1, 0.15) is 85.0 Å². The number of hydrogen-bond acceptors (Lipinski definition) is 3. The van der Waals surface area contributed by atoms with Crippen molar-refractivity contribution in [1.82, 2.24) is 0 Å². The smallest absolute Gasteiger partial charge is 0.159 e. The molecule has 4 aliphatic rings. The molecule has 7 unspecified atom stereocenters. The number of allylic oxidation sites excluding steroid dienone is 1. The first kappa shape index (κ1) is 20.0. The zero-order valence-electron chi connectivity index (χ0n) is 17.5. The van der Waals surface area contributed by atoms with Gasteiger partial charge in [-0.15, -0.1) is 11.8 Å². The highest BCUT2D eigenvalue weighted by molar-refractivity contribution is 8.02. The van der Waals surface area contributed by atoms with Crippen molar-refractivity contribution in [1.29, 1.82) is 0 Å². The third-order valence-corrected chi connectivity index (χ3v) is 10.2. The first-order valence-corrected chi connectivity index (χ1v) is 12.5. The summed E-state index contributed by atoms with van der Waals surface area (Å²) in [5, 5.41) is 12.8. The van der Waals surface area contributed by atoms with E-state index in [1.165, 1.54) is 44.9 Å². The van der Waals surface area contributed by atoms with E-state index in [1.807, 2.05) is 11.8 Å². The number of rotatable bonds is 4. The molecule has 0 aromatic heterocycles. The van der Waals surface area contributed by atoms with Gasteiger partial charge < -0.3 is 5.11 Å². The van der Waals surface area contributed by atoms with Gasteiger partial charge in [-0.05, 0) is 97.0 Å². The molecule has 7 atom stereocenters. The van der Waals surface area contributed by atoms with E-state index < -0.39 is 0 Å². The highest BCUT2D eigenvalue weighted by Crippen LogP contribution is 2.66. The molecule has 0 aliphatic heterocycles. The molecule has 0 radical (unpaired) electrons. The first-order chi connectivity index (χ1) is 12.9. The van der Waals surface area contributed by atoms with Crippen molar-refractivity contribution in [2.45, 2.75) is 91.1 Å². The zero-order chi connectivity index (χ0) is 19.2. The van der Waals surface area contributed by atoms with E-state index in [-0.39, 0.29) is 11.5 Å². The Morgan fingerprint density at radius 1 is 1.11 bits per heavy atom. The summed E-state index contributed by atoms with van der Waals surface area (Å²) in [7, 11) is 0. The largest absolute Gasteiger partial charge is 0.393 e. The number of Topliss-reactive ketones (excluding diaryl/α,β-unsaturated/α-hetero) is 1. The Morgan fingerprint density at radius 2 is 1.89 bits per heavy atom. The Balaban J connectivity index is 1.55. The highest BCUT2D eigenvalue weighted by Gasteiger charge is 2.60. The maximum Gasteiger partial charge on any atom is 0.159 e. The summed E-state index contributed by atoms with van der Waals surface area (Å²) in [6.07, 6.45) is 11.3. The fourth-order valence-corrected chi connectivity index (χ4v) is 8.47. The number of aliphatic hydroxyl groups is 1. The molecule has 2 nitrogen and oxygen atoms in total. The molecule has 0 heterocycles. The number of ketones is 1.